The minimum absolute atomic E-state index is 0.194. The van der Waals surface area contributed by atoms with E-state index in [-0.39, 0.29) is 22.3 Å². The molecule has 0 aliphatic rings. The molecular weight excluding hydrogens is 620 g/mol. The fourth-order valence-electron chi connectivity index (χ4n) is 5.23. The molecule has 0 unspecified atom stereocenters. The van der Waals surface area contributed by atoms with Crippen LogP contribution < -0.4 is 21.3 Å². The second-order valence-electron chi connectivity index (χ2n) is 10.9. The van der Waals surface area contributed by atoms with Gasteiger partial charge in [-0.3, -0.25) is 19.2 Å². The maximum Gasteiger partial charge on any atom is 0.339 e. The molecule has 14 heteroatoms. The number of para-hydroxylation sites is 2. The minimum Gasteiger partial charge on any atom is -0.465 e. The molecule has 0 fully saturated rings. The fourth-order valence-corrected chi connectivity index (χ4v) is 5.23. The number of fused-ring (bicyclic) bond motifs is 2. The Balaban J connectivity index is 1.01. The van der Waals surface area contributed by atoms with Crippen LogP contribution in [0.15, 0.2) is 48.8 Å². The highest BCUT2D eigenvalue weighted by atomic mass is 16.5. The number of rotatable bonds is 19. The third-order valence-corrected chi connectivity index (χ3v) is 7.73. The summed E-state index contributed by atoms with van der Waals surface area (Å²) in [6.45, 7) is 3.66. The predicted molar refractivity (Wildman–Crippen MR) is 178 cm³/mol. The number of ketones is 2. The molecule has 6 N–H and O–H groups in total. The minimum atomic E-state index is -0.707. The fraction of sp³-hybridized carbons (Fsp3) is 0.353. The van der Waals surface area contributed by atoms with Gasteiger partial charge in [-0.15, -0.1) is 0 Å². The summed E-state index contributed by atoms with van der Waals surface area (Å²) in [4.78, 5) is 79.9. The van der Waals surface area contributed by atoms with E-state index in [2.05, 4.69) is 31.2 Å². The second kappa shape index (κ2) is 17.5. The van der Waals surface area contributed by atoms with Crippen molar-refractivity contribution in [2.24, 2.45) is 0 Å². The van der Waals surface area contributed by atoms with Crippen molar-refractivity contribution in [3.05, 3.63) is 71.0 Å². The lowest BCUT2D eigenvalue weighted by Gasteiger charge is -2.08. The van der Waals surface area contributed by atoms with E-state index in [9.17, 15) is 28.8 Å². The molecule has 0 saturated carbocycles. The Labute approximate surface area is 276 Å². The number of methoxy groups -OCH3 is 2. The zero-order valence-electron chi connectivity index (χ0n) is 27.0. The van der Waals surface area contributed by atoms with Crippen LogP contribution in [0.4, 0.5) is 0 Å². The normalized spacial score (nSPS) is 11.0. The van der Waals surface area contributed by atoms with E-state index in [4.69, 9.17) is 9.47 Å². The third kappa shape index (κ3) is 8.72. The van der Waals surface area contributed by atoms with Gasteiger partial charge in [-0.1, -0.05) is 24.3 Å². The van der Waals surface area contributed by atoms with E-state index in [1.165, 1.54) is 26.6 Å². The number of aromatic nitrogens is 2. The van der Waals surface area contributed by atoms with Crippen molar-refractivity contribution in [1.82, 2.24) is 31.2 Å². The lowest BCUT2D eigenvalue weighted by Crippen LogP contribution is -2.33. The number of esters is 2. The first kappa shape index (κ1) is 35.5. The Kier molecular flexibility index (Phi) is 13.0. The van der Waals surface area contributed by atoms with Gasteiger partial charge in [0.1, 0.15) is 0 Å². The summed E-state index contributed by atoms with van der Waals surface area (Å²) in [5, 5.41) is 12.9. The molecule has 14 nitrogen and oxygen atoms in total. The first-order valence-corrected chi connectivity index (χ1v) is 15.7. The number of unbranched alkanes of at least 4 members (excludes halogenated alkanes) is 1. The SMILES string of the molecule is COC(=O)c1cccc2c(C(=O)C(=O)NCCCNCCCCNCCCNC(=O)C(=O)c3c[nH]c4c(C(=O)OC)cccc34)c[nH]c12. The number of aromatic amines is 2. The molecule has 2 heterocycles. The Bertz CT molecular complexity index is 1660. The summed E-state index contributed by atoms with van der Waals surface area (Å²) in [6, 6.07) is 9.76. The molecule has 0 bridgehead atoms. The van der Waals surface area contributed by atoms with Crippen molar-refractivity contribution < 1.29 is 38.2 Å². The number of carbonyl (C=O) groups excluding carboxylic acids is 6. The summed E-state index contributed by atoms with van der Waals surface area (Å²) in [6.07, 6.45) is 6.04. The van der Waals surface area contributed by atoms with E-state index in [0.29, 0.717) is 60.8 Å². The highest BCUT2D eigenvalue weighted by Gasteiger charge is 2.23. The Hall–Kier alpha value is -5.34. The molecule has 48 heavy (non-hydrogen) atoms. The van der Waals surface area contributed by atoms with Crippen molar-refractivity contribution >= 4 is 57.1 Å². The smallest absolute Gasteiger partial charge is 0.339 e. The Morgan fingerprint density at radius 3 is 1.33 bits per heavy atom. The van der Waals surface area contributed by atoms with Crippen molar-refractivity contribution in [1.29, 1.82) is 0 Å². The molecule has 2 aromatic carbocycles. The van der Waals surface area contributed by atoms with Crippen molar-refractivity contribution in [3.63, 3.8) is 0 Å². The van der Waals surface area contributed by atoms with Gasteiger partial charge in [-0.2, -0.15) is 0 Å². The Morgan fingerprint density at radius 1 is 0.542 bits per heavy atom. The van der Waals surface area contributed by atoms with Crippen LogP contribution in [0.25, 0.3) is 21.8 Å². The van der Waals surface area contributed by atoms with Crippen LogP contribution in [0.2, 0.25) is 0 Å². The van der Waals surface area contributed by atoms with Gasteiger partial charge in [-0.25, -0.2) is 9.59 Å². The number of hydrogen-bond donors (Lipinski definition) is 6. The molecule has 0 atom stereocenters. The maximum atomic E-state index is 12.7. The summed E-state index contributed by atoms with van der Waals surface area (Å²) in [7, 11) is 2.55. The number of benzene rings is 2. The van der Waals surface area contributed by atoms with Crippen LogP contribution in [-0.2, 0) is 19.1 Å². The molecule has 254 valence electrons. The third-order valence-electron chi connectivity index (χ3n) is 7.73. The molecule has 0 aliphatic carbocycles. The van der Waals surface area contributed by atoms with Crippen LogP contribution in [0, 0.1) is 0 Å². The highest BCUT2D eigenvalue weighted by molar-refractivity contribution is 6.45. The molecule has 0 aliphatic heterocycles. The maximum absolute atomic E-state index is 12.7. The highest BCUT2D eigenvalue weighted by Crippen LogP contribution is 2.24. The number of amides is 2. The molecule has 2 aromatic heterocycles. The first-order valence-electron chi connectivity index (χ1n) is 15.7. The predicted octanol–water partition coefficient (Wildman–Crippen LogP) is 2.26. The number of hydrogen-bond acceptors (Lipinski definition) is 10. The standard InChI is InChI=1S/C34H40N6O8/c1-47-33(45)23-11-5-9-21-25(19-39-27(21)23)29(41)31(43)37-17-7-15-35-13-3-4-14-36-16-8-18-38-32(44)30(42)26-20-40-28-22(26)10-6-12-24(28)34(46)48-2/h5-6,9-12,19-20,35-36,39-40H,3-4,7-8,13-18H2,1-2H3,(H,37,43)(H,38,44). The molecule has 2 amide bonds. The van der Waals surface area contributed by atoms with Gasteiger partial charge in [0.15, 0.2) is 0 Å². The summed E-state index contributed by atoms with van der Waals surface area (Å²) in [5.41, 5.74) is 1.85. The summed E-state index contributed by atoms with van der Waals surface area (Å²) in [5.74, 6) is -3.84. The van der Waals surface area contributed by atoms with Gasteiger partial charge in [0.05, 0.1) is 47.5 Å². The topological polar surface area (TPSA) is 201 Å². The first-order chi connectivity index (χ1) is 23.3. The lowest BCUT2D eigenvalue weighted by molar-refractivity contribution is -0.117. The van der Waals surface area contributed by atoms with Gasteiger partial charge < -0.3 is 40.7 Å². The quantitative estimate of drug-likeness (QED) is 0.0375. The van der Waals surface area contributed by atoms with Crippen molar-refractivity contribution in [2.45, 2.75) is 25.7 Å². The van der Waals surface area contributed by atoms with Gasteiger partial charge in [0.25, 0.3) is 23.4 Å². The molecule has 4 aromatic rings. The van der Waals surface area contributed by atoms with E-state index in [1.54, 1.807) is 36.4 Å². The van der Waals surface area contributed by atoms with Gasteiger partial charge in [-0.05, 0) is 64.0 Å². The largest absolute Gasteiger partial charge is 0.465 e. The average molecular weight is 661 g/mol. The van der Waals surface area contributed by atoms with Crippen LogP contribution in [0.3, 0.4) is 0 Å². The summed E-state index contributed by atoms with van der Waals surface area (Å²) < 4.78 is 9.54. The van der Waals surface area contributed by atoms with Gasteiger partial charge >= 0.3 is 11.9 Å². The number of nitrogens with one attached hydrogen (secondary N) is 6. The number of carbonyl (C=O) groups is 6. The number of H-pyrrole nitrogens is 2. The van der Waals surface area contributed by atoms with E-state index < -0.39 is 35.3 Å². The second-order valence-corrected chi connectivity index (χ2v) is 10.9. The number of Topliss-reactive ketones (excluding diaryl/α,β-unsaturated/α-hetero) is 2. The molecule has 0 saturated heterocycles. The van der Waals surface area contributed by atoms with Crippen LogP contribution in [-0.4, -0.2) is 98.8 Å². The molecule has 0 spiro atoms. The van der Waals surface area contributed by atoms with Crippen LogP contribution >= 0.6 is 0 Å². The Morgan fingerprint density at radius 2 is 0.938 bits per heavy atom. The number of ether oxygens (including phenoxy) is 2. The van der Waals surface area contributed by atoms with Crippen molar-refractivity contribution in [2.75, 3.05) is 53.5 Å². The van der Waals surface area contributed by atoms with E-state index in [0.717, 1.165) is 25.9 Å². The monoisotopic (exact) mass is 660 g/mol. The van der Waals surface area contributed by atoms with Crippen LogP contribution in [0.5, 0.6) is 0 Å². The average Bonchev–Trinajstić information content (AvgIpc) is 3.75. The zero-order valence-corrected chi connectivity index (χ0v) is 27.0. The van der Waals surface area contributed by atoms with Gasteiger partial charge in [0, 0.05) is 36.3 Å². The summed E-state index contributed by atoms with van der Waals surface area (Å²) >= 11 is 0. The molecule has 0 radical (unpaired) electrons. The van der Waals surface area contributed by atoms with E-state index >= 15 is 0 Å². The van der Waals surface area contributed by atoms with Crippen LogP contribution in [0.1, 0.15) is 67.1 Å². The van der Waals surface area contributed by atoms with Gasteiger partial charge in [0.2, 0.25) is 0 Å². The van der Waals surface area contributed by atoms with Crippen molar-refractivity contribution in [3.8, 4) is 0 Å². The molecular formula is C34H40N6O8. The van der Waals surface area contributed by atoms with E-state index in [1.807, 2.05) is 0 Å². The molecule has 4 rings (SSSR count). The zero-order chi connectivity index (χ0) is 34.5. The lowest BCUT2D eigenvalue weighted by atomic mass is 10.1.